The van der Waals surface area contributed by atoms with E-state index in [1.54, 1.807) is 6.21 Å². The maximum Gasteiger partial charge on any atom is 0.150 e. The Kier molecular flexibility index (Phi) is 2.83. The van der Waals surface area contributed by atoms with Gasteiger partial charge in [0.15, 0.2) is 0 Å². The maximum atomic E-state index is 4.31. The van der Waals surface area contributed by atoms with Crippen molar-refractivity contribution in [1.29, 1.82) is 0 Å². The summed E-state index contributed by atoms with van der Waals surface area (Å²) in [5.41, 5.74) is 3.93. The Balaban J connectivity index is 2.61. The van der Waals surface area contributed by atoms with Crippen molar-refractivity contribution in [3.05, 3.63) is 11.6 Å². The van der Waals surface area contributed by atoms with Gasteiger partial charge in [0.25, 0.3) is 0 Å². The first kappa shape index (κ1) is 7.98. The summed E-state index contributed by atoms with van der Waals surface area (Å²) in [5, 5.41) is 3.90. The van der Waals surface area contributed by atoms with Crippen LogP contribution in [0.25, 0.3) is 0 Å². The topological polar surface area (TPSA) is 36.8 Å². The standard InChI is InChI=1S/C8H13N3/c1-3-5-9-8-7(4-2)6-10-11-8/h4,6H,3,5H2,1-2H3,(H,9,11)/b7-4-. The first-order valence-corrected chi connectivity index (χ1v) is 3.88. The Bertz CT molecular complexity index is 213. The number of hydrogen-bond acceptors (Lipinski definition) is 2. The van der Waals surface area contributed by atoms with Gasteiger partial charge in [0.1, 0.15) is 5.84 Å². The summed E-state index contributed by atoms with van der Waals surface area (Å²) >= 11 is 0. The van der Waals surface area contributed by atoms with Crippen LogP contribution in [-0.4, -0.2) is 18.6 Å². The van der Waals surface area contributed by atoms with Crippen LogP contribution >= 0.6 is 0 Å². The second kappa shape index (κ2) is 3.91. The molecule has 1 N–H and O–H groups in total. The number of amidine groups is 1. The van der Waals surface area contributed by atoms with Crippen LogP contribution in [0.2, 0.25) is 0 Å². The second-order valence-corrected chi connectivity index (χ2v) is 2.34. The van der Waals surface area contributed by atoms with Gasteiger partial charge in [0, 0.05) is 12.1 Å². The zero-order valence-corrected chi connectivity index (χ0v) is 6.96. The van der Waals surface area contributed by atoms with E-state index in [1.807, 2.05) is 13.0 Å². The van der Waals surface area contributed by atoms with Gasteiger partial charge < -0.3 is 0 Å². The van der Waals surface area contributed by atoms with E-state index in [4.69, 9.17) is 0 Å². The summed E-state index contributed by atoms with van der Waals surface area (Å²) in [5.74, 6) is 0.898. The third-order valence-electron chi connectivity index (χ3n) is 1.45. The van der Waals surface area contributed by atoms with Gasteiger partial charge in [0.05, 0.1) is 6.21 Å². The van der Waals surface area contributed by atoms with Gasteiger partial charge in [-0.3, -0.25) is 10.4 Å². The van der Waals surface area contributed by atoms with Crippen molar-refractivity contribution in [3.8, 4) is 0 Å². The lowest BCUT2D eigenvalue weighted by Crippen LogP contribution is -2.13. The smallest absolute Gasteiger partial charge is 0.150 e. The first-order chi connectivity index (χ1) is 5.38. The molecule has 0 fully saturated rings. The van der Waals surface area contributed by atoms with E-state index in [-0.39, 0.29) is 0 Å². The zero-order valence-electron chi connectivity index (χ0n) is 6.96. The van der Waals surface area contributed by atoms with E-state index in [0.717, 1.165) is 24.4 Å². The fourth-order valence-electron chi connectivity index (χ4n) is 0.850. The molecule has 60 valence electrons. The van der Waals surface area contributed by atoms with Gasteiger partial charge >= 0.3 is 0 Å². The first-order valence-electron chi connectivity index (χ1n) is 3.88. The minimum Gasteiger partial charge on any atom is -0.267 e. The molecule has 0 saturated carbocycles. The molecule has 0 aromatic rings. The molecule has 0 saturated heterocycles. The summed E-state index contributed by atoms with van der Waals surface area (Å²) < 4.78 is 0. The number of hydrazone groups is 1. The fraction of sp³-hybridized carbons (Fsp3) is 0.500. The van der Waals surface area contributed by atoms with Crippen molar-refractivity contribution in [2.45, 2.75) is 20.3 Å². The molecule has 0 aromatic carbocycles. The molecule has 3 nitrogen and oxygen atoms in total. The Hall–Kier alpha value is -1.12. The quantitative estimate of drug-likeness (QED) is 0.635. The van der Waals surface area contributed by atoms with Crippen molar-refractivity contribution in [2.24, 2.45) is 10.1 Å². The number of nitrogens with one attached hydrogen (secondary N) is 1. The molecular formula is C8H13N3. The molecule has 0 bridgehead atoms. The predicted molar refractivity (Wildman–Crippen MR) is 48.0 cm³/mol. The molecule has 11 heavy (non-hydrogen) atoms. The second-order valence-electron chi connectivity index (χ2n) is 2.34. The van der Waals surface area contributed by atoms with E-state index in [0.29, 0.717) is 0 Å². The molecule has 0 unspecified atom stereocenters. The minimum absolute atomic E-state index is 0.864. The van der Waals surface area contributed by atoms with Crippen LogP contribution in [0.4, 0.5) is 0 Å². The van der Waals surface area contributed by atoms with Crippen LogP contribution in [0.5, 0.6) is 0 Å². The summed E-state index contributed by atoms with van der Waals surface area (Å²) in [4.78, 5) is 4.31. The zero-order chi connectivity index (χ0) is 8.10. The molecule has 3 heteroatoms. The summed E-state index contributed by atoms with van der Waals surface area (Å²) in [7, 11) is 0. The van der Waals surface area contributed by atoms with Gasteiger partial charge in [0.2, 0.25) is 0 Å². The van der Waals surface area contributed by atoms with Crippen LogP contribution < -0.4 is 5.43 Å². The van der Waals surface area contributed by atoms with Gasteiger partial charge in [-0.2, -0.15) is 5.10 Å². The predicted octanol–water partition coefficient (Wildman–Crippen LogP) is 1.33. The van der Waals surface area contributed by atoms with Crippen molar-refractivity contribution in [1.82, 2.24) is 5.43 Å². The van der Waals surface area contributed by atoms with Crippen LogP contribution in [0.15, 0.2) is 21.7 Å². The van der Waals surface area contributed by atoms with Gasteiger partial charge in [-0.05, 0) is 13.3 Å². The van der Waals surface area contributed by atoms with E-state index >= 15 is 0 Å². The molecule has 1 aliphatic heterocycles. The van der Waals surface area contributed by atoms with E-state index < -0.39 is 0 Å². The molecular weight excluding hydrogens is 138 g/mol. The average Bonchev–Trinajstić information content (AvgIpc) is 2.47. The molecule has 1 rings (SSSR count). The molecule has 1 heterocycles. The molecule has 0 amide bonds. The van der Waals surface area contributed by atoms with Crippen LogP contribution in [0, 0.1) is 0 Å². The highest BCUT2D eigenvalue weighted by Gasteiger charge is 2.07. The van der Waals surface area contributed by atoms with Crippen LogP contribution in [-0.2, 0) is 0 Å². The molecule has 0 aliphatic carbocycles. The van der Waals surface area contributed by atoms with E-state index in [9.17, 15) is 0 Å². The number of allylic oxidation sites excluding steroid dienone is 1. The number of nitrogens with zero attached hydrogens (tertiary/aromatic N) is 2. The minimum atomic E-state index is 0.864. The summed E-state index contributed by atoms with van der Waals surface area (Å²) in [6, 6.07) is 0. The summed E-state index contributed by atoms with van der Waals surface area (Å²) in [6.07, 6.45) is 4.86. The highest BCUT2D eigenvalue weighted by Crippen LogP contribution is 1.99. The van der Waals surface area contributed by atoms with E-state index in [1.165, 1.54) is 0 Å². The summed E-state index contributed by atoms with van der Waals surface area (Å²) in [6.45, 7) is 4.95. The van der Waals surface area contributed by atoms with Gasteiger partial charge in [-0.1, -0.05) is 13.0 Å². The van der Waals surface area contributed by atoms with Crippen molar-refractivity contribution in [2.75, 3.05) is 6.54 Å². The Labute approximate surface area is 66.9 Å². The number of aliphatic imine (C=N–C) groups is 1. The highest BCUT2D eigenvalue weighted by molar-refractivity contribution is 6.17. The molecule has 0 spiro atoms. The lowest BCUT2D eigenvalue weighted by atomic mass is 10.2. The highest BCUT2D eigenvalue weighted by atomic mass is 15.3. The molecule has 0 aromatic heterocycles. The SMILES string of the molecule is C/C=C1/C=NNC1=NCCC. The molecule has 0 radical (unpaired) electrons. The Morgan fingerprint density at radius 2 is 2.55 bits per heavy atom. The average molecular weight is 151 g/mol. The molecule has 1 aliphatic rings. The van der Waals surface area contributed by atoms with Gasteiger partial charge in [-0.25, -0.2) is 0 Å². The van der Waals surface area contributed by atoms with Crippen molar-refractivity contribution >= 4 is 12.1 Å². The third kappa shape index (κ3) is 1.90. The van der Waals surface area contributed by atoms with Gasteiger partial charge in [-0.15, -0.1) is 0 Å². The third-order valence-corrected chi connectivity index (χ3v) is 1.45. The number of rotatable bonds is 2. The number of hydrogen-bond donors (Lipinski definition) is 1. The lowest BCUT2D eigenvalue weighted by Gasteiger charge is -1.96. The van der Waals surface area contributed by atoms with Crippen LogP contribution in [0.3, 0.4) is 0 Å². The van der Waals surface area contributed by atoms with E-state index in [2.05, 4.69) is 22.4 Å². The Morgan fingerprint density at radius 1 is 1.73 bits per heavy atom. The largest absolute Gasteiger partial charge is 0.267 e. The normalized spacial score (nSPS) is 23.1. The fourth-order valence-corrected chi connectivity index (χ4v) is 0.850. The monoisotopic (exact) mass is 151 g/mol. The Morgan fingerprint density at radius 3 is 3.18 bits per heavy atom. The molecule has 0 atom stereocenters. The lowest BCUT2D eigenvalue weighted by molar-refractivity contribution is 0.915. The van der Waals surface area contributed by atoms with Crippen molar-refractivity contribution < 1.29 is 0 Å². The van der Waals surface area contributed by atoms with Crippen LogP contribution in [0.1, 0.15) is 20.3 Å². The maximum absolute atomic E-state index is 4.31. The van der Waals surface area contributed by atoms with Crippen molar-refractivity contribution in [3.63, 3.8) is 0 Å².